The van der Waals surface area contributed by atoms with E-state index in [0.29, 0.717) is 17.5 Å². The van der Waals surface area contributed by atoms with Crippen molar-refractivity contribution in [3.05, 3.63) is 71.4 Å². The van der Waals surface area contributed by atoms with Crippen LogP contribution in [0.1, 0.15) is 22.6 Å². The van der Waals surface area contributed by atoms with Gasteiger partial charge in [-0.25, -0.2) is 0 Å². The normalized spacial score (nSPS) is 11.1. The smallest absolute Gasteiger partial charge is 0.237 e. The molecule has 27 heavy (non-hydrogen) atoms. The van der Waals surface area contributed by atoms with Gasteiger partial charge in [-0.1, -0.05) is 64.4 Å². The second kappa shape index (κ2) is 7.36. The summed E-state index contributed by atoms with van der Waals surface area (Å²) >= 11 is 1.52. The molecule has 0 atom stereocenters. The van der Waals surface area contributed by atoms with Gasteiger partial charge in [0.05, 0.1) is 11.4 Å². The zero-order valence-electron chi connectivity index (χ0n) is 15.4. The van der Waals surface area contributed by atoms with Gasteiger partial charge in [0.15, 0.2) is 5.16 Å². The Bertz CT molecular complexity index is 1070. The van der Waals surface area contributed by atoms with Gasteiger partial charge in [-0.3, -0.25) is 4.57 Å². The van der Waals surface area contributed by atoms with Crippen molar-refractivity contribution in [2.24, 2.45) is 0 Å². The Morgan fingerprint density at radius 3 is 2.56 bits per heavy atom. The van der Waals surface area contributed by atoms with Crippen molar-refractivity contribution in [2.75, 3.05) is 0 Å². The minimum absolute atomic E-state index is 0.530. The molecular formula is C20H19N5OS. The predicted molar refractivity (Wildman–Crippen MR) is 105 cm³/mol. The molecule has 2 aromatic carbocycles. The number of aryl methyl sites for hydroxylation is 3. The first-order chi connectivity index (χ1) is 13.1. The van der Waals surface area contributed by atoms with Crippen LogP contribution in [0.15, 0.2) is 58.5 Å². The Labute approximate surface area is 161 Å². The van der Waals surface area contributed by atoms with E-state index >= 15 is 0 Å². The lowest BCUT2D eigenvalue weighted by molar-refractivity contribution is 0.391. The minimum atomic E-state index is 0.530. The van der Waals surface area contributed by atoms with Crippen LogP contribution in [0.2, 0.25) is 0 Å². The summed E-state index contributed by atoms with van der Waals surface area (Å²) < 4.78 is 7.38. The van der Waals surface area contributed by atoms with Crippen LogP contribution in [0.25, 0.3) is 17.1 Å². The van der Waals surface area contributed by atoms with Crippen LogP contribution in [-0.4, -0.2) is 24.9 Å². The van der Waals surface area contributed by atoms with Crippen molar-refractivity contribution >= 4 is 11.8 Å². The minimum Gasteiger partial charge on any atom is -0.338 e. The summed E-state index contributed by atoms with van der Waals surface area (Å²) in [6.45, 7) is 6.22. The van der Waals surface area contributed by atoms with Crippen molar-refractivity contribution < 1.29 is 4.52 Å². The van der Waals surface area contributed by atoms with Gasteiger partial charge in [-0.05, 0) is 32.4 Å². The van der Waals surface area contributed by atoms with E-state index in [2.05, 4.69) is 52.4 Å². The lowest BCUT2D eigenvalue weighted by Crippen LogP contribution is -1.98. The Morgan fingerprint density at radius 2 is 1.78 bits per heavy atom. The Morgan fingerprint density at radius 1 is 1.00 bits per heavy atom. The Hall–Kier alpha value is -2.93. The lowest BCUT2D eigenvalue weighted by atomic mass is 10.1. The van der Waals surface area contributed by atoms with Gasteiger partial charge in [-0.15, -0.1) is 10.2 Å². The molecule has 0 aliphatic carbocycles. The third-order valence-corrected chi connectivity index (χ3v) is 5.16. The predicted octanol–water partition coefficient (Wildman–Crippen LogP) is 4.53. The van der Waals surface area contributed by atoms with E-state index in [1.165, 1.54) is 28.5 Å². The van der Waals surface area contributed by atoms with Gasteiger partial charge in [0, 0.05) is 5.56 Å². The number of aromatic nitrogens is 5. The number of rotatable bonds is 5. The fourth-order valence-corrected chi connectivity index (χ4v) is 3.58. The van der Waals surface area contributed by atoms with Gasteiger partial charge in [0.1, 0.15) is 6.33 Å². The van der Waals surface area contributed by atoms with Crippen LogP contribution >= 0.6 is 11.8 Å². The summed E-state index contributed by atoms with van der Waals surface area (Å²) in [5.74, 6) is 1.69. The number of benzene rings is 2. The van der Waals surface area contributed by atoms with Crippen LogP contribution in [0.3, 0.4) is 0 Å². The van der Waals surface area contributed by atoms with E-state index in [-0.39, 0.29) is 0 Å². The lowest BCUT2D eigenvalue weighted by Gasteiger charge is -2.09. The molecule has 0 bridgehead atoms. The van der Waals surface area contributed by atoms with Crippen LogP contribution in [0.5, 0.6) is 0 Å². The van der Waals surface area contributed by atoms with Crippen LogP contribution in [0.4, 0.5) is 0 Å². The van der Waals surface area contributed by atoms with Crippen molar-refractivity contribution in [3.63, 3.8) is 0 Å². The van der Waals surface area contributed by atoms with E-state index in [9.17, 15) is 0 Å². The van der Waals surface area contributed by atoms with Gasteiger partial charge in [-0.2, -0.15) is 4.98 Å². The molecule has 136 valence electrons. The molecule has 0 N–H and O–H groups in total. The topological polar surface area (TPSA) is 69.6 Å². The molecule has 0 amide bonds. The number of hydrogen-bond acceptors (Lipinski definition) is 6. The molecular weight excluding hydrogens is 358 g/mol. The highest BCUT2D eigenvalue weighted by Gasteiger charge is 2.13. The highest BCUT2D eigenvalue weighted by Crippen LogP contribution is 2.26. The first kappa shape index (κ1) is 17.5. The molecule has 4 rings (SSSR count). The van der Waals surface area contributed by atoms with Gasteiger partial charge in [0.2, 0.25) is 11.7 Å². The molecule has 6 nitrogen and oxygen atoms in total. The highest BCUT2D eigenvalue weighted by molar-refractivity contribution is 7.98. The first-order valence-corrected chi connectivity index (χ1v) is 9.59. The summed E-state index contributed by atoms with van der Waals surface area (Å²) in [7, 11) is 0. The molecule has 0 unspecified atom stereocenters. The number of hydrogen-bond donors (Lipinski definition) is 0. The first-order valence-electron chi connectivity index (χ1n) is 8.60. The SMILES string of the molecule is Cc1ccc(-c2noc(CSc3nncn3-c3ccc(C)cc3C)n2)cc1. The maximum atomic E-state index is 5.39. The van der Waals surface area contributed by atoms with E-state index in [0.717, 1.165) is 16.4 Å². The Kier molecular flexibility index (Phi) is 4.77. The van der Waals surface area contributed by atoms with E-state index in [1.807, 2.05) is 35.8 Å². The van der Waals surface area contributed by atoms with E-state index in [1.54, 1.807) is 6.33 Å². The Balaban J connectivity index is 1.50. The zero-order chi connectivity index (χ0) is 18.8. The van der Waals surface area contributed by atoms with E-state index in [4.69, 9.17) is 4.52 Å². The van der Waals surface area contributed by atoms with Crippen LogP contribution in [-0.2, 0) is 5.75 Å². The van der Waals surface area contributed by atoms with Gasteiger partial charge >= 0.3 is 0 Å². The average Bonchev–Trinajstić information content (AvgIpc) is 3.30. The highest BCUT2D eigenvalue weighted by atomic mass is 32.2. The summed E-state index contributed by atoms with van der Waals surface area (Å²) in [6.07, 6.45) is 1.73. The molecule has 2 heterocycles. The second-order valence-electron chi connectivity index (χ2n) is 6.44. The second-order valence-corrected chi connectivity index (χ2v) is 7.38. The fourth-order valence-electron chi connectivity index (χ4n) is 2.82. The van der Waals surface area contributed by atoms with Crippen molar-refractivity contribution in [2.45, 2.75) is 31.7 Å². The standard InChI is InChI=1S/C20H19N5OS/c1-13-4-7-16(8-5-13)19-22-18(26-24-19)11-27-20-23-21-12-25(20)17-9-6-14(2)10-15(17)3/h4-10,12H,11H2,1-3H3. The maximum absolute atomic E-state index is 5.39. The van der Waals surface area contributed by atoms with Crippen molar-refractivity contribution in [1.29, 1.82) is 0 Å². The summed E-state index contributed by atoms with van der Waals surface area (Å²) in [5.41, 5.74) is 5.62. The third-order valence-electron chi connectivity index (χ3n) is 4.23. The summed E-state index contributed by atoms with van der Waals surface area (Å²) in [4.78, 5) is 4.49. The van der Waals surface area contributed by atoms with Crippen LogP contribution in [0, 0.1) is 20.8 Å². The quantitative estimate of drug-likeness (QED) is 0.476. The average molecular weight is 377 g/mol. The zero-order valence-corrected chi connectivity index (χ0v) is 16.2. The largest absolute Gasteiger partial charge is 0.338 e. The number of nitrogens with zero attached hydrogens (tertiary/aromatic N) is 5. The molecule has 7 heteroatoms. The van der Waals surface area contributed by atoms with Gasteiger partial charge in [0.25, 0.3) is 0 Å². The maximum Gasteiger partial charge on any atom is 0.237 e. The molecule has 0 saturated heterocycles. The molecule has 0 saturated carbocycles. The molecule has 4 aromatic rings. The number of thioether (sulfide) groups is 1. The van der Waals surface area contributed by atoms with Crippen molar-refractivity contribution in [1.82, 2.24) is 24.9 Å². The summed E-state index contributed by atoms with van der Waals surface area (Å²) in [5, 5.41) is 13.2. The van der Waals surface area contributed by atoms with E-state index < -0.39 is 0 Å². The molecule has 0 aliphatic heterocycles. The third kappa shape index (κ3) is 3.78. The molecule has 0 aliphatic rings. The molecule has 2 aromatic heterocycles. The summed E-state index contributed by atoms with van der Waals surface area (Å²) in [6, 6.07) is 14.4. The van der Waals surface area contributed by atoms with Crippen LogP contribution < -0.4 is 0 Å². The van der Waals surface area contributed by atoms with Crippen molar-refractivity contribution in [3.8, 4) is 17.1 Å². The molecule has 0 spiro atoms. The molecule has 0 radical (unpaired) electrons. The van der Waals surface area contributed by atoms with Gasteiger partial charge < -0.3 is 4.52 Å². The monoisotopic (exact) mass is 377 g/mol. The molecule has 0 fully saturated rings. The fraction of sp³-hybridized carbons (Fsp3) is 0.200.